The van der Waals surface area contributed by atoms with E-state index in [1.54, 1.807) is 78.9 Å². The SMILES string of the molecule is O=C(Nc1ccccc1C(=O)NN=Cc1ccc(-c2ccccc2F)o1)c1ccccc1. The van der Waals surface area contributed by atoms with Crippen molar-refractivity contribution in [3.63, 3.8) is 0 Å². The van der Waals surface area contributed by atoms with Crippen LogP contribution in [0.25, 0.3) is 11.3 Å². The molecule has 4 aromatic rings. The highest BCUT2D eigenvalue weighted by Gasteiger charge is 2.14. The van der Waals surface area contributed by atoms with Gasteiger partial charge in [0.15, 0.2) is 0 Å². The summed E-state index contributed by atoms with van der Waals surface area (Å²) in [5, 5.41) is 6.64. The fourth-order valence-electron chi connectivity index (χ4n) is 3.02. The highest BCUT2D eigenvalue weighted by Crippen LogP contribution is 2.24. The lowest BCUT2D eigenvalue weighted by molar-refractivity contribution is 0.0956. The molecule has 1 aromatic heterocycles. The number of nitrogens with zero attached hydrogens (tertiary/aromatic N) is 1. The zero-order valence-electron chi connectivity index (χ0n) is 16.8. The molecule has 0 aliphatic heterocycles. The third-order valence-corrected chi connectivity index (χ3v) is 4.58. The molecule has 4 rings (SSSR count). The van der Waals surface area contributed by atoms with Crippen LogP contribution in [0.2, 0.25) is 0 Å². The molecule has 6 nitrogen and oxygen atoms in total. The molecule has 0 atom stereocenters. The van der Waals surface area contributed by atoms with Crippen molar-refractivity contribution >= 4 is 23.7 Å². The predicted octanol–water partition coefficient (Wildman–Crippen LogP) is 5.10. The highest BCUT2D eigenvalue weighted by atomic mass is 19.1. The van der Waals surface area contributed by atoms with E-state index in [9.17, 15) is 14.0 Å². The predicted molar refractivity (Wildman–Crippen MR) is 120 cm³/mol. The molecule has 0 spiro atoms. The first kappa shape index (κ1) is 20.7. The number of anilines is 1. The zero-order chi connectivity index (χ0) is 22.3. The van der Waals surface area contributed by atoms with Crippen LogP contribution in [0.4, 0.5) is 10.1 Å². The Bertz CT molecular complexity index is 1280. The van der Waals surface area contributed by atoms with Gasteiger partial charge in [0.2, 0.25) is 0 Å². The van der Waals surface area contributed by atoms with Gasteiger partial charge in [0.1, 0.15) is 17.3 Å². The number of benzene rings is 3. The number of carbonyl (C=O) groups excluding carboxylic acids is 2. The first-order valence-corrected chi connectivity index (χ1v) is 9.75. The smallest absolute Gasteiger partial charge is 0.273 e. The molecule has 3 aromatic carbocycles. The molecular weight excluding hydrogens is 409 g/mol. The van der Waals surface area contributed by atoms with Crippen molar-refractivity contribution in [2.45, 2.75) is 0 Å². The third kappa shape index (κ3) is 4.79. The Morgan fingerprint density at radius 3 is 2.34 bits per heavy atom. The van der Waals surface area contributed by atoms with E-state index in [2.05, 4.69) is 15.8 Å². The largest absolute Gasteiger partial charge is 0.455 e. The van der Waals surface area contributed by atoms with Crippen LogP contribution in [-0.4, -0.2) is 18.0 Å². The Morgan fingerprint density at radius 2 is 1.53 bits per heavy atom. The molecule has 1 heterocycles. The Kier molecular flexibility index (Phi) is 6.17. The number of nitrogens with one attached hydrogen (secondary N) is 2. The van der Waals surface area contributed by atoms with Crippen LogP contribution in [0, 0.1) is 5.82 Å². The summed E-state index contributed by atoms with van der Waals surface area (Å²) in [7, 11) is 0. The molecule has 158 valence electrons. The van der Waals surface area contributed by atoms with Crippen molar-refractivity contribution in [3.8, 4) is 11.3 Å². The van der Waals surface area contributed by atoms with E-state index in [1.165, 1.54) is 12.3 Å². The summed E-state index contributed by atoms with van der Waals surface area (Å²) in [5.74, 6) is -0.538. The Morgan fingerprint density at radius 1 is 0.812 bits per heavy atom. The van der Waals surface area contributed by atoms with E-state index in [4.69, 9.17) is 4.42 Å². The van der Waals surface area contributed by atoms with Gasteiger partial charge in [-0.05, 0) is 48.5 Å². The summed E-state index contributed by atoms with van der Waals surface area (Å²) in [6.45, 7) is 0. The van der Waals surface area contributed by atoms with E-state index in [0.29, 0.717) is 28.3 Å². The maximum atomic E-state index is 13.9. The maximum absolute atomic E-state index is 13.9. The van der Waals surface area contributed by atoms with Gasteiger partial charge in [-0.15, -0.1) is 0 Å². The van der Waals surface area contributed by atoms with Crippen LogP contribution in [0.5, 0.6) is 0 Å². The summed E-state index contributed by atoms with van der Waals surface area (Å²) in [6.07, 6.45) is 1.31. The second-order valence-corrected chi connectivity index (χ2v) is 6.75. The number of carbonyl (C=O) groups is 2. The second kappa shape index (κ2) is 9.53. The third-order valence-electron chi connectivity index (χ3n) is 4.58. The Labute approximate surface area is 183 Å². The van der Waals surface area contributed by atoms with Crippen molar-refractivity contribution in [2.75, 3.05) is 5.32 Å². The van der Waals surface area contributed by atoms with Gasteiger partial charge in [0.25, 0.3) is 11.8 Å². The van der Waals surface area contributed by atoms with Crippen LogP contribution in [-0.2, 0) is 0 Å². The van der Waals surface area contributed by atoms with Crippen LogP contribution < -0.4 is 10.7 Å². The van der Waals surface area contributed by atoms with Gasteiger partial charge in [0.05, 0.1) is 23.0 Å². The molecule has 0 radical (unpaired) electrons. The average molecular weight is 427 g/mol. The topological polar surface area (TPSA) is 83.7 Å². The lowest BCUT2D eigenvalue weighted by Gasteiger charge is -2.09. The Hall–Kier alpha value is -4.52. The fourth-order valence-corrected chi connectivity index (χ4v) is 3.02. The number of para-hydroxylation sites is 1. The first-order chi connectivity index (χ1) is 15.6. The number of hydrazone groups is 1. The molecule has 0 aliphatic carbocycles. The van der Waals surface area contributed by atoms with Crippen molar-refractivity contribution in [3.05, 3.63) is 114 Å². The molecule has 0 saturated carbocycles. The molecule has 0 aliphatic rings. The first-order valence-electron chi connectivity index (χ1n) is 9.75. The number of rotatable bonds is 6. The lowest BCUT2D eigenvalue weighted by Crippen LogP contribution is -2.21. The fraction of sp³-hybridized carbons (Fsp3) is 0. The van der Waals surface area contributed by atoms with Crippen molar-refractivity contribution < 1.29 is 18.4 Å². The lowest BCUT2D eigenvalue weighted by atomic mass is 10.1. The summed E-state index contributed by atoms with van der Waals surface area (Å²) in [6, 6.07) is 24.8. The minimum atomic E-state index is -0.508. The minimum absolute atomic E-state index is 0.250. The molecule has 2 N–H and O–H groups in total. The zero-order valence-corrected chi connectivity index (χ0v) is 16.8. The monoisotopic (exact) mass is 427 g/mol. The normalized spacial score (nSPS) is 10.8. The molecular formula is C25H18FN3O3. The number of hydrogen-bond donors (Lipinski definition) is 2. The highest BCUT2D eigenvalue weighted by molar-refractivity contribution is 6.09. The van der Waals surface area contributed by atoms with Crippen LogP contribution in [0.15, 0.2) is 101 Å². The van der Waals surface area contributed by atoms with E-state index in [0.717, 1.165) is 0 Å². The van der Waals surface area contributed by atoms with E-state index >= 15 is 0 Å². The number of furan rings is 1. The molecule has 32 heavy (non-hydrogen) atoms. The molecule has 0 unspecified atom stereocenters. The van der Waals surface area contributed by atoms with E-state index < -0.39 is 11.7 Å². The van der Waals surface area contributed by atoms with Crippen molar-refractivity contribution in [2.24, 2.45) is 5.10 Å². The summed E-state index contributed by atoms with van der Waals surface area (Å²) >= 11 is 0. The Balaban J connectivity index is 1.43. The van der Waals surface area contributed by atoms with E-state index in [-0.39, 0.29) is 11.5 Å². The summed E-state index contributed by atoms with van der Waals surface area (Å²) in [4.78, 5) is 25.0. The van der Waals surface area contributed by atoms with Crippen LogP contribution >= 0.6 is 0 Å². The number of hydrogen-bond acceptors (Lipinski definition) is 4. The summed E-state index contributed by atoms with van der Waals surface area (Å²) < 4.78 is 19.5. The van der Waals surface area contributed by atoms with Gasteiger partial charge in [-0.25, -0.2) is 9.82 Å². The molecule has 0 bridgehead atoms. The standard InChI is InChI=1S/C25H18FN3O3/c26-21-12-6-4-10-19(21)23-15-14-18(32-23)16-27-29-25(31)20-11-5-7-13-22(20)28-24(30)17-8-2-1-3-9-17/h1-16H,(H,28,30)(H,29,31). The van der Waals surface area contributed by atoms with Gasteiger partial charge >= 0.3 is 0 Å². The van der Waals surface area contributed by atoms with Crippen molar-refractivity contribution in [1.82, 2.24) is 5.43 Å². The van der Waals surface area contributed by atoms with E-state index in [1.807, 2.05) is 6.07 Å². The number of amides is 2. The van der Waals surface area contributed by atoms with Crippen molar-refractivity contribution in [1.29, 1.82) is 0 Å². The average Bonchev–Trinajstić information content (AvgIpc) is 3.29. The molecule has 0 saturated heterocycles. The summed E-state index contributed by atoms with van der Waals surface area (Å²) in [5.41, 5.74) is 3.82. The van der Waals surface area contributed by atoms with Gasteiger partial charge in [0, 0.05) is 5.56 Å². The number of halogens is 1. The maximum Gasteiger partial charge on any atom is 0.273 e. The minimum Gasteiger partial charge on any atom is -0.455 e. The molecule has 2 amide bonds. The van der Waals surface area contributed by atoms with Crippen LogP contribution in [0.1, 0.15) is 26.5 Å². The van der Waals surface area contributed by atoms with Gasteiger partial charge in [-0.1, -0.05) is 42.5 Å². The molecule has 7 heteroatoms. The van der Waals surface area contributed by atoms with Gasteiger partial charge < -0.3 is 9.73 Å². The second-order valence-electron chi connectivity index (χ2n) is 6.75. The van der Waals surface area contributed by atoms with Crippen LogP contribution in [0.3, 0.4) is 0 Å². The van der Waals surface area contributed by atoms with Gasteiger partial charge in [-0.2, -0.15) is 5.10 Å². The van der Waals surface area contributed by atoms with Gasteiger partial charge in [-0.3, -0.25) is 9.59 Å². The molecule has 0 fully saturated rings. The quantitative estimate of drug-likeness (QED) is 0.332.